The number of nitrogens with zero attached hydrogens (tertiary/aromatic N) is 1. The predicted octanol–water partition coefficient (Wildman–Crippen LogP) is 4.68. The first-order valence-corrected chi connectivity index (χ1v) is 9.06. The summed E-state index contributed by atoms with van der Waals surface area (Å²) in [7, 11) is 2.20. The summed E-state index contributed by atoms with van der Waals surface area (Å²) in [6.07, 6.45) is 1.13. The molecule has 0 aliphatic rings. The summed E-state index contributed by atoms with van der Waals surface area (Å²) < 4.78 is 1.19. The summed E-state index contributed by atoms with van der Waals surface area (Å²) in [5.41, 5.74) is 1.38. The largest absolute Gasteiger partial charge is 0.310 e. The number of thiophene rings is 1. The first kappa shape index (κ1) is 16.7. The number of halogens is 1. The fourth-order valence-corrected chi connectivity index (χ4v) is 3.98. The Morgan fingerprint density at radius 3 is 2.67 bits per heavy atom. The van der Waals surface area contributed by atoms with Crippen LogP contribution >= 0.6 is 27.3 Å². The Kier molecular flexibility index (Phi) is 6.90. The van der Waals surface area contributed by atoms with Crippen LogP contribution in [0.5, 0.6) is 0 Å². The molecular weight excluding hydrogens is 344 g/mol. The van der Waals surface area contributed by atoms with Crippen LogP contribution < -0.4 is 5.32 Å². The highest BCUT2D eigenvalue weighted by Crippen LogP contribution is 2.22. The van der Waals surface area contributed by atoms with Crippen LogP contribution in [0.1, 0.15) is 29.8 Å². The van der Waals surface area contributed by atoms with E-state index >= 15 is 0 Å². The van der Waals surface area contributed by atoms with Crippen molar-refractivity contribution in [1.29, 1.82) is 0 Å². The van der Waals surface area contributed by atoms with Gasteiger partial charge in [0.05, 0.1) is 0 Å². The summed E-state index contributed by atoms with van der Waals surface area (Å²) in [5.74, 6) is 0. The van der Waals surface area contributed by atoms with Crippen LogP contribution in [-0.2, 0) is 6.54 Å². The summed E-state index contributed by atoms with van der Waals surface area (Å²) >= 11 is 5.33. The maximum absolute atomic E-state index is 3.59. The molecule has 1 heterocycles. The van der Waals surface area contributed by atoms with Crippen molar-refractivity contribution in [3.8, 4) is 0 Å². The molecule has 0 spiro atoms. The Bertz CT molecular complexity index is 527. The van der Waals surface area contributed by atoms with Crippen LogP contribution in [0, 0.1) is 0 Å². The van der Waals surface area contributed by atoms with E-state index in [0.717, 1.165) is 26.1 Å². The SMILES string of the molecule is CCNC(CCN(C)Cc1cc(Br)cs1)c1ccccc1. The molecule has 114 valence electrons. The van der Waals surface area contributed by atoms with E-state index in [-0.39, 0.29) is 0 Å². The predicted molar refractivity (Wildman–Crippen MR) is 95.8 cm³/mol. The van der Waals surface area contributed by atoms with E-state index in [1.165, 1.54) is 14.9 Å². The summed E-state index contributed by atoms with van der Waals surface area (Å²) in [5, 5.41) is 5.74. The maximum atomic E-state index is 3.59. The highest BCUT2D eigenvalue weighted by molar-refractivity contribution is 9.10. The van der Waals surface area contributed by atoms with Gasteiger partial charge in [-0.2, -0.15) is 0 Å². The molecule has 2 rings (SSSR count). The molecule has 0 saturated carbocycles. The summed E-state index contributed by atoms with van der Waals surface area (Å²) in [6.45, 7) is 5.27. The molecule has 0 fully saturated rings. The number of nitrogens with one attached hydrogen (secondary N) is 1. The molecule has 1 aromatic heterocycles. The highest BCUT2D eigenvalue weighted by atomic mass is 79.9. The molecule has 2 nitrogen and oxygen atoms in total. The van der Waals surface area contributed by atoms with Crippen molar-refractivity contribution in [3.05, 3.63) is 56.7 Å². The highest BCUT2D eigenvalue weighted by Gasteiger charge is 2.11. The Morgan fingerprint density at radius 1 is 1.29 bits per heavy atom. The van der Waals surface area contributed by atoms with Crippen LogP contribution in [0.15, 0.2) is 46.3 Å². The Balaban J connectivity index is 1.86. The topological polar surface area (TPSA) is 15.3 Å². The third kappa shape index (κ3) is 5.55. The van der Waals surface area contributed by atoms with Crippen LogP contribution in [0.2, 0.25) is 0 Å². The van der Waals surface area contributed by atoms with Crippen LogP contribution in [-0.4, -0.2) is 25.0 Å². The van der Waals surface area contributed by atoms with E-state index in [0.29, 0.717) is 6.04 Å². The molecule has 1 unspecified atom stereocenters. The first-order valence-electron chi connectivity index (χ1n) is 7.38. The molecule has 4 heteroatoms. The van der Waals surface area contributed by atoms with E-state index in [1.807, 2.05) is 11.3 Å². The Morgan fingerprint density at radius 2 is 2.05 bits per heavy atom. The first-order chi connectivity index (χ1) is 10.2. The molecule has 0 aliphatic carbocycles. The summed E-state index contributed by atoms with van der Waals surface area (Å²) in [6, 6.07) is 13.4. The second-order valence-electron chi connectivity index (χ2n) is 5.28. The zero-order valence-corrected chi connectivity index (χ0v) is 15.1. The van der Waals surface area contributed by atoms with Crippen LogP contribution in [0.3, 0.4) is 0 Å². The van der Waals surface area contributed by atoms with Gasteiger partial charge in [0.1, 0.15) is 0 Å². The third-order valence-electron chi connectivity index (χ3n) is 3.50. The van der Waals surface area contributed by atoms with Crippen molar-refractivity contribution >= 4 is 27.3 Å². The van der Waals surface area contributed by atoms with Gasteiger partial charge in [0.2, 0.25) is 0 Å². The lowest BCUT2D eigenvalue weighted by Gasteiger charge is -2.22. The maximum Gasteiger partial charge on any atom is 0.0332 e. The van der Waals surface area contributed by atoms with Gasteiger partial charge in [0, 0.05) is 33.9 Å². The van der Waals surface area contributed by atoms with Crippen molar-refractivity contribution < 1.29 is 0 Å². The van der Waals surface area contributed by atoms with Crippen LogP contribution in [0.4, 0.5) is 0 Å². The third-order valence-corrected chi connectivity index (χ3v) is 5.18. The molecule has 0 bridgehead atoms. The molecule has 1 atom stereocenters. The van der Waals surface area contributed by atoms with Gasteiger partial charge in [0.15, 0.2) is 0 Å². The van der Waals surface area contributed by atoms with Crippen LogP contribution in [0.25, 0.3) is 0 Å². The van der Waals surface area contributed by atoms with Gasteiger partial charge in [-0.1, -0.05) is 37.3 Å². The van der Waals surface area contributed by atoms with Gasteiger partial charge in [0.25, 0.3) is 0 Å². The van der Waals surface area contributed by atoms with E-state index in [1.54, 1.807) is 0 Å². The average Bonchev–Trinajstić information content (AvgIpc) is 2.89. The van der Waals surface area contributed by atoms with E-state index in [9.17, 15) is 0 Å². The van der Waals surface area contributed by atoms with Crippen molar-refractivity contribution in [2.75, 3.05) is 20.1 Å². The average molecular weight is 367 g/mol. The minimum absolute atomic E-state index is 0.439. The fourth-order valence-electron chi connectivity index (χ4n) is 2.45. The molecule has 21 heavy (non-hydrogen) atoms. The lowest BCUT2D eigenvalue weighted by molar-refractivity contribution is 0.303. The standard InChI is InChI=1S/C17H23BrN2S/c1-3-19-17(14-7-5-4-6-8-14)9-10-20(2)12-16-11-15(18)13-21-16/h4-8,11,13,17,19H,3,9-10,12H2,1-2H3. The van der Waals surface area contributed by atoms with Crippen molar-refractivity contribution in [2.45, 2.75) is 25.9 Å². The lowest BCUT2D eigenvalue weighted by atomic mass is 10.0. The molecule has 1 aromatic carbocycles. The molecule has 1 N–H and O–H groups in total. The zero-order chi connectivity index (χ0) is 15.1. The smallest absolute Gasteiger partial charge is 0.0332 e. The lowest BCUT2D eigenvalue weighted by Crippen LogP contribution is -2.27. The quantitative estimate of drug-likeness (QED) is 0.729. The van der Waals surface area contributed by atoms with Crippen molar-refractivity contribution in [1.82, 2.24) is 10.2 Å². The van der Waals surface area contributed by atoms with Gasteiger partial charge in [-0.25, -0.2) is 0 Å². The zero-order valence-electron chi connectivity index (χ0n) is 12.7. The number of rotatable bonds is 8. The molecule has 2 aromatic rings. The molecule has 0 saturated heterocycles. The van der Waals surface area contributed by atoms with E-state index in [4.69, 9.17) is 0 Å². The van der Waals surface area contributed by atoms with E-state index < -0.39 is 0 Å². The number of benzene rings is 1. The normalized spacial score (nSPS) is 12.8. The number of hydrogen-bond donors (Lipinski definition) is 1. The monoisotopic (exact) mass is 366 g/mol. The van der Waals surface area contributed by atoms with E-state index in [2.05, 4.69) is 81.9 Å². The number of hydrogen-bond acceptors (Lipinski definition) is 3. The fraction of sp³-hybridized carbons (Fsp3) is 0.412. The van der Waals surface area contributed by atoms with Gasteiger partial charge in [-0.15, -0.1) is 11.3 Å². The van der Waals surface area contributed by atoms with Gasteiger partial charge in [-0.05, 0) is 47.6 Å². The second kappa shape index (κ2) is 8.69. The minimum Gasteiger partial charge on any atom is -0.310 e. The Labute approximate surface area is 140 Å². The summed E-state index contributed by atoms with van der Waals surface area (Å²) in [4.78, 5) is 3.80. The molecule has 0 radical (unpaired) electrons. The molecular formula is C17H23BrN2S. The molecule has 0 amide bonds. The Hall–Kier alpha value is -0.680. The minimum atomic E-state index is 0.439. The van der Waals surface area contributed by atoms with Crippen molar-refractivity contribution in [3.63, 3.8) is 0 Å². The van der Waals surface area contributed by atoms with Gasteiger partial charge in [-0.3, -0.25) is 0 Å². The van der Waals surface area contributed by atoms with Gasteiger partial charge < -0.3 is 10.2 Å². The van der Waals surface area contributed by atoms with Gasteiger partial charge >= 0.3 is 0 Å². The molecule has 0 aliphatic heterocycles. The second-order valence-corrected chi connectivity index (χ2v) is 7.19. The van der Waals surface area contributed by atoms with Crippen molar-refractivity contribution in [2.24, 2.45) is 0 Å².